The second-order valence-corrected chi connectivity index (χ2v) is 16.4. The van der Waals surface area contributed by atoms with Crippen molar-refractivity contribution in [3.05, 3.63) is 58.9 Å². The number of aryl methyl sites for hydroxylation is 1. The Hall–Kier alpha value is -3.26. The van der Waals surface area contributed by atoms with Gasteiger partial charge >= 0.3 is 5.97 Å². The van der Waals surface area contributed by atoms with E-state index in [1.54, 1.807) is 18.4 Å². The summed E-state index contributed by atoms with van der Waals surface area (Å²) in [6.07, 6.45) is 13.7. The lowest BCUT2D eigenvalue weighted by atomic mass is 9.51. The summed E-state index contributed by atoms with van der Waals surface area (Å²) in [7, 11) is 1.73. The molecule has 0 atom stereocenters. The van der Waals surface area contributed by atoms with Crippen LogP contribution in [-0.4, -0.2) is 40.6 Å². The number of aliphatic carboxylic acids is 1. The predicted octanol–water partition coefficient (Wildman–Crippen LogP) is 8.73. The van der Waals surface area contributed by atoms with Gasteiger partial charge in [-0.2, -0.15) is 0 Å². The van der Waals surface area contributed by atoms with Crippen LogP contribution >= 0.6 is 11.3 Å². The Bertz CT molecular complexity index is 1560. The molecular weight excluding hydrogens is 595 g/mol. The van der Waals surface area contributed by atoms with Crippen molar-refractivity contribution < 1.29 is 19.4 Å². The molecule has 0 unspecified atom stereocenters. The van der Waals surface area contributed by atoms with Gasteiger partial charge in [-0.15, -0.1) is 11.3 Å². The monoisotopic (exact) mass is 643 g/mol. The van der Waals surface area contributed by atoms with E-state index in [1.165, 1.54) is 11.1 Å². The zero-order chi connectivity index (χ0) is 32.7. The van der Waals surface area contributed by atoms with Crippen LogP contribution in [0.5, 0.6) is 5.75 Å². The number of nitrogens with zero attached hydrogens (tertiary/aromatic N) is 3. The molecule has 2 aromatic heterocycles. The van der Waals surface area contributed by atoms with Crippen molar-refractivity contribution in [2.75, 3.05) is 18.6 Å². The van der Waals surface area contributed by atoms with Gasteiger partial charge in [0.1, 0.15) is 11.6 Å². The molecule has 4 saturated carbocycles. The van der Waals surface area contributed by atoms with Crippen LogP contribution in [0.15, 0.2) is 42.7 Å². The summed E-state index contributed by atoms with van der Waals surface area (Å²) in [4.78, 5) is 38.5. The van der Waals surface area contributed by atoms with Crippen LogP contribution in [0, 0.1) is 24.2 Å². The third-order valence-electron chi connectivity index (χ3n) is 11.3. The number of carbonyl (C=O) groups is 2. The van der Waals surface area contributed by atoms with Gasteiger partial charge in [-0.25, -0.2) is 9.97 Å². The van der Waals surface area contributed by atoms with E-state index in [0.717, 1.165) is 91.2 Å². The number of benzene rings is 1. The van der Waals surface area contributed by atoms with Gasteiger partial charge in [0.05, 0.1) is 17.0 Å². The molecule has 4 fully saturated rings. The summed E-state index contributed by atoms with van der Waals surface area (Å²) >= 11 is 1.70. The number of carboxylic acid groups (broad SMARTS) is 1. The molecule has 2 heterocycles. The van der Waals surface area contributed by atoms with Gasteiger partial charge < -0.3 is 9.84 Å². The van der Waals surface area contributed by atoms with Crippen molar-refractivity contribution in [3.63, 3.8) is 0 Å². The van der Waals surface area contributed by atoms with Crippen LogP contribution in [0.3, 0.4) is 0 Å². The molecule has 3 aromatic rings. The van der Waals surface area contributed by atoms with Crippen molar-refractivity contribution in [2.24, 2.45) is 17.3 Å². The van der Waals surface area contributed by atoms with E-state index in [2.05, 4.69) is 52.0 Å². The SMILES string of the molecule is COc1ccc(C23CCC(CN(c4cc(-c5cnc(C(C)(C)C)s5)ccn4)C(=O)[C@H]4CC[C@H](CC(=O)O)CC4)(CC2)CC3)cc1C. The lowest BCUT2D eigenvalue weighted by molar-refractivity contribution is -0.138. The van der Waals surface area contributed by atoms with E-state index in [1.807, 2.05) is 23.4 Å². The lowest BCUT2D eigenvalue weighted by Crippen LogP contribution is -2.52. The number of fused-ring (bicyclic) bond motifs is 3. The molecule has 1 N–H and O–H groups in total. The number of ether oxygens (including phenoxy) is 1. The minimum atomic E-state index is -0.746. The molecule has 246 valence electrons. The maximum Gasteiger partial charge on any atom is 0.303 e. The highest BCUT2D eigenvalue weighted by molar-refractivity contribution is 7.15. The quantitative estimate of drug-likeness (QED) is 0.251. The first-order valence-electron chi connectivity index (χ1n) is 17.0. The number of thiazole rings is 1. The molecule has 46 heavy (non-hydrogen) atoms. The Morgan fingerprint density at radius 1 is 1.00 bits per heavy atom. The molecule has 7 nitrogen and oxygen atoms in total. The Morgan fingerprint density at radius 2 is 1.70 bits per heavy atom. The first-order valence-corrected chi connectivity index (χ1v) is 17.8. The average molecular weight is 644 g/mol. The van der Waals surface area contributed by atoms with Crippen molar-refractivity contribution in [2.45, 2.75) is 109 Å². The second kappa shape index (κ2) is 12.7. The fraction of sp³-hybridized carbons (Fsp3) is 0.579. The zero-order valence-corrected chi connectivity index (χ0v) is 28.9. The predicted molar refractivity (Wildman–Crippen MR) is 184 cm³/mol. The van der Waals surface area contributed by atoms with Gasteiger partial charge in [-0.05, 0) is 123 Å². The van der Waals surface area contributed by atoms with Gasteiger partial charge in [-0.1, -0.05) is 32.9 Å². The largest absolute Gasteiger partial charge is 0.496 e. The van der Waals surface area contributed by atoms with Gasteiger partial charge in [0, 0.05) is 36.7 Å². The summed E-state index contributed by atoms with van der Waals surface area (Å²) in [6, 6.07) is 10.8. The summed E-state index contributed by atoms with van der Waals surface area (Å²) in [5.41, 5.74) is 3.90. The number of methoxy groups -OCH3 is 1. The van der Waals surface area contributed by atoms with Gasteiger partial charge in [0.2, 0.25) is 5.91 Å². The van der Waals surface area contributed by atoms with Crippen LogP contribution in [0.4, 0.5) is 5.82 Å². The summed E-state index contributed by atoms with van der Waals surface area (Å²) in [5, 5.41) is 10.4. The second-order valence-electron chi connectivity index (χ2n) is 15.4. The van der Waals surface area contributed by atoms with Crippen molar-refractivity contribution in [1.82, 2.24) is 9.97 Å². The van der Waals surface area contributed by atoms with Crippen LogP contribution in [0.2, 0.25) is 0 Å². The summed E-state index contributed by atoms with van der Waals surface area (Å²) in [6.45, 7) is 9.35. The van der Waals surface area contributed by atoms with Gasteiger partial charge in [0.15, 0.2) is 0 Å². The average Bonchev–Trinajstić information content (AvgIpc) is 3.56. The fourth-order valence-corrected chi connectivity index (χ4v) is 9.27. The number of pyridine rings is 1. The fourth-order valence-electron chi connectivity index (χ4n) is 8.30. The highest BCUT2D eigenvalue weighted by Crippen LogP contribution is 2.58. The minimum absolute atomic E-state index is 0.0267. The molecule has 1 amide bonds. The number of carboxylic acids is 1. The molecule has 0 spiro atoms. The molecular formula is C38H49N3O4S. The number of hydrogen-bond donors (Lipinski definition) is 1. The van der Waals surface area contributed by atoms with E-state index < -0.39 is 5.97 Å². The molecule has 2 bridgehead atoms. The number of carbonyl (C=O) groups excluding carboxylic acids is 1. The van der Waals surface area contributed by atoms with Crippen LogP contribution in [0.25, 0.3) is 10.4 Å². The maximum atomic E-state index is 14.5. The highest BCUT2D eigenvalue weighted by Gasteiger charge is 2.51. The van der Waals surface area contributed by atoms with Crippen molar-refractivity contribution >= 4 is 29.0 Å². The van der Waals surface area contributed by atoms with Gasteiger partial charge in [-0.3, -0.25) is 14.5 Å². The molecule has 0 saturated heterocycles. The Morgan fingerprint density at radius 3 is 2.28 bits per heavy atom. The first-order chi connectivity index (χ1) is 21.9. The standard InChI is InChI=1S/C38H49N3O4S/c1-25-20-29(10-11-30(25)45-5)38-16-13-37(14-17-38,15-18-38)24-41(34(44)27-8-6-26(7-9-27)21-33(42)43)32-22-28(12-19-39-32)31-23-40-35(46-31)36(2,3)4/h10-12,19-20,22-23,26-27H,6-9,13-18,21,24H2,1-5H3,(H,42,43)/t26-,27-,37?,38?. The van der Waals surface area contributed by atoms with E-state index in [-0.39, 0.29) is 40.4 Å². The van der Waals surface area contributed by atoms with Crippen molar-refractivity contribution in [1.29, 1.82) is 0 Å². The zero-order valence-electron chi connectivity index (χ0n) is 28.1. The Kier molecular flexibility index (Phi) is 9.05. The number of anilines is 1. The molecule has 4 aliphatic rings. The van der Waals surface area contributed by atoms with Crippen LogP contribution < -0.4 is 9.64 Å². The molecule has 1 aromatic carbocycles. The highest BCUT2D eigenvalue weighted by atomic mass is 32.1. The van der Waals surface area contributed by atoms with E-state index in [0.29, 0.717) is 6.54 Å². The topological polar surface area (TPSA) is 92.6 Å². The number of aromatic nitrogens is 2. The maximum absolute atomic E-state index is 14.5. The molecule has 8 heteroatoms. The smallest absolute Gasteiger partial charge is 0.303 e. The molecule has 0 radical (unpaired) electrons. The van der Waals surface area contributed by atoms with Gasteiger partial charge in [0.25, 0.3) is 0 Å². The molecule has 7 rings (SSSR count). The Labute approximate surface area is 277 Å². The van der Waals surface area contributed by atoms with Crippen molar-refractivity contribution in [3.8, 4) is 16.2 Å². The van der Waals surface area contributed by atoms with E-state index in [9.17, 15) is 14.7 Å². The minimum Gasteiger partial charge on any atom is -0.496 e. The van der Waals surface area contributed by atoms with E-state index in [4.69, 9.17) is 14.7 Å². The van der Waals surface area contributed by atoms with Crippen LogP contribution in [0.1, 0.15) is 108 Å². The third-order valence-corrected chi connectivity index (χ3v) is 12.8. The van der Waals surface area contributed by atoms with Crippen LogP contribution in [-0.2, 0) is 20.4 Å². The summed E-state index contributed by atoms with van der Waals surface area (Å²) < 4.78 is 5.54. The number of rotatable bonds is 9. The lowest BCUT2D eigenvalue weighted by Gasteiger charge is -2.55. The number of amides is 1. The number of hydrogen-bond acceptors (Lipinski definition) is 6. The first kappa shape index (κ1) is 32.7. The van der Waals surface area contributed by atoms with E-state index >= 15 is 0 Å². The third kappa shape index (κ3) is 6.60. The molecule has 0 aliphatic heterocycles. The normalized spacial score (nSPS) is 26.1. The summed E-state index contributed by atoms with van der Waals surface area (Å²) in [5.74, 6) is 1.13. The molecule has 4 aliphatic carbocycles. The Balaban J connectivity index is 1.26.